The van der Waals surface area contributed by atoms with Crippen molar-refractivity contribution in [1.29, 1.82) is 0 Å². The summed E-state index contributed by atoms with van der Waals surface area (Å²) >= 11 is 0. The number of rotatable bonds is 6. The van der Waals surface area contributed by atoms with Crippen LogP contribution in [0, 0.1) is 6.10 Å². The Morgan fingerprint density at radius 2 is 1.91 bits per heavy atom. The van der Waals surface area contributed by atoms with Crippen LogP contribution in [0.25, 0.3) is 0 Å². The lowest BCUT2D eigenvalue weighted by Gasteiger charge is -2.15. The van der Waals surface area contributed by atoms with Crippen LogP contribution in [0.4, 0.5) is 0 Å². The van der Waals surface area contributed by atoms with E-state index in [9.17, 15) is 0 Å². The molecule has 2 heteroatoms. The molecule has 2 nitrogen and oxygen atoms in total. The highest BCUT2D eigenvalue weighted by molar-refractivity contribution is 4.74. The van der Waals surface area contributed by atoms with E-state index in [4.69, 9.17) is 9.47 Å². The van der Waals surface area contributed by atoms with Crippen molar-refractivity contribution in [2.24, 2.45) is 0 Å². The largest absolute Gasteiger partial charge is 0.379 e. The Morgan fingerprint density at radius 3 is 2.36 bits per heavy atom. The molecule has 0 fully saturated rings. The summed E-state index contributed by atoms with van der Waals surface area (Å²) in [6, 6.07) is 0. The third-order valence-electron chi connectivity index (χ3n) is 1.42. The van der Waals surface area contributed by atoms with Crippen LogP contribution >= 0.6 is 0 Å². The summed E-state index contributed by atoms with van der Waals surface area (Å²) in [5.41, 5.74) is 0. The standard InChI is InChI=1S/C9H19O2/c1-5-10-8(3)7-9(4)11-6-2/h8H,5-7H2,1-4H3. The molecule has 1 radical (unpaired) electrons. The van der Waals surface area contributed by atoms with Gasteiger partial charge in [0.15, 0.2) is 0 Å². The third kappa shape index (κ3) is 6.32. The Labute approximate surface area is 69.9 Å². The highest BCUT2D eigenvalue weighted by Gasteiger charge is 2.08. The summed E-state index contributed by atoms with van der Waals surface area (Å²) in [4.78, 5) is 0. The van der Waals surface area contributed by atoms with Crippen LogP contribution in [0.15, 0.2) is 0 Å². The van der Waals surface area contributed by atoms with Crippen LogP contribution in [0.3, 0.4) is 0 Å². The van der Waals surface area contributed by atoms with Crippen molar-refractivity contribution >= 4 is 0 Å². The highest BCUT2D eigenvalue weighted by Crippen LogP contribution is 2.11. The predicted octanol–water partition coefficient (Wildman–Crippen LogP) is 2.39. The molecule has 0 saturated carbocycles. The van der Waals surface area contributed by atoms with Gasteiger partial charge < -0.3 is 9.47 Å². The Hall–Kier alpha value is -0.0800. The quantitative estimate of drug-likeness (QED) is 0.592. The van der Waals surface area contributed by atoms with Crippen molar-refractivity contribution in [1.82, 2.24) is 0 Å². The smallest absolute Gasteiger partial charge is 0.0965 e. The van der Waals surface area contributed by atoms with E-state index in [0.29, 0.717) is 0 Å². The van der Waals surface area contributed by atoms with Crippen molar-refractivity contribution in [3.8, 4) is 0 Å². The molecular weight excluding hydrogens is 140 g/mol. The van der Waals surface area contributed by atoms with Crippen LogP contribution in [-0.2, 0) is 9.47 Å². The summed E-state index contributed by atoms with van der Waals surface area (Å²) in [6.07, 6.45) is 2.25. The minimum Gasteiger partial charge on any atom is -0.379 e. The van der Waals surface area contributed by atoms with Gasteiger partial charge in [0, 0.05) is 19.6 Å². The topological polar surface area (TPSA) is 18.5 Å². The molecule has 1 atom stereocenters. The zero-order valence-electron chi connectivity index (χ0n) is 8.02. The second-order valence-electron chi connectivity index (χ2n) is 2.61. The lowest BCUT2D eigenvalue weighted by atomic mass is 10.2. The average molecular weight is 159 g/mol. The fourth-order valence-electron chi connectivity index (χ4n) is 1.05. The lowest BCUT2D eigenvalue weighted by Crippen LogP contribution is -2.13. The molecule has 0 aromatic carbocycles. The van der Waals surface area contributed by atoms with Gasteiger partial charge >= 0.3 is 0 Å². The normalized spacial score (nSPS) is 13.9. The molecule has 1 unspecified atom stereocenters. The van der Waals surface area contributed by atoms with Crippen molar-refractivity contribution in [2.45, 2.75) is 40.2 Å². The molecular formula is C9H19O2. The first-order valence-corrected chi connectivity index (χ1v) is 4.27. The van der Waals surface area contributed by atoms with Gasteiger partial charge in [0.05, 0.1) is 12.2 Å². The highest BCUT2D eigenvalue weighted by atomic mass is 16.5. The van der Waals surface area contributed by atoms with Gasteiger partial charge in [-0.15, -0.1) is 0 Å². The van der Waals surface area contributed by atoms with Gasteiger partial charge in [-0.3, -0.25) is 0 Å². The number of ether oxygens (including phenoxy) is 2. The van der Waals surface area contributed by atoms with Crippen LogP contribution < -0.4 is 0 Å². The van der Waals surface area contributed by atoms with Crippen LogP contribution in [-0.4, -0.2) is 19.3 Å². The summed E-state index contributed by atoms with van der Waals surface area (Å²) in [5.74, 6) is 0. The SMILES string of the molecule is CCO[C](C)CC(C)OCC. The molecule has 0 heterocycles. The fraction of sp³-hybridized carbons (Fsp3) is 0.889. The Kier molecular flexibility index (Phi) is 6.57. The summed E-state index contributed by atoms with van der Waals surface area (Å²) in [7, 11) is 0. The Morgan fingerprint density at radius 1 is 1.27 bits per heavy atom. The maximum absolute atomic E-state index is 5.36. The molecule has 67 valence electrons. The van der Waals surface area contributed by atoms with E-state index in [0.717, 1.165) is 25.7 Å². The molecule has 0 saturated heterocycles. The third-order valence-corrected chi connectivity index (χ3v) is 1.42. The predicted molar refractivity (Wildman–Crippen MR) is 46.2 cm³/mol. The minimum atomic E-state index is 0.284. The van der Waals surface area contributed by atoms with Gasteiger partial charge in [-0.1, -0.05) is 0 Å². The first-order valence-electron chi connectivity index (χ1n) is 4.27. The molecule has 0 amide bonds. The van der Waals surface area contributed by atoms with Crippen LogP contribution in [0.5, 0.6) is 0 Å². The van der Waals surface area contributed by atoms with E-state index in [1.54, 1.807) is 0 Å². The van der Waals surface area contributed by atoms with Gasteiger partial charge in [0.1, 0.15) is 0 Å². The molecule has 0 aliphatic rings. The lowest BCUT2D eigenvalue weighted by molar-refractivity contribution is 0.0453. The van der Waals surface area contributed by atoms with Crippen molar-refractivity contribution in [3.63, 3.8) is 0 Å². The van der Waals surface area contributed by atoms with E-state index >= 15 is 0 Å². The molecule has 0 aliphatic heterocycles. The molecule has 0 N–H and O–H groups in total. The second kappa shape index (κ2) is 6.62. The molecule has 0 rings (SSSR count). The number of hydrogen-bond acceptors (Lipinski definition) is 2. The summed E-state index contributed by atoms with van der Waals surface area (Å²) < 4.78 is 10.7. The molecule has 0 aromatic rings. The van der Waals surface area contributed by atoms with Gasteiger partial charge in [0.2, 0.25) is 0 Å². The monoisotopic (exact) mass is 159 g/mol. The van der Waals surface area contributed by atoms with Gasteiger partial charge in [-0.2, -0.15) is 0 Å². The zero-order chi connectivity index (χ0) is 8.69. The fourth-order valence-corrected chi connectivity index (χ4v) is 1.05. The second-order valence-corrected chi connectivity index (χ2v) is 2.61. The van der Waals surface area contributed by atoms with Crippen LogP contribution in [0.2, 0.25) is 0 Å². The maximum atomic E-state index is 5.36. The molecule has 0 aromatic heterocycles. The van der Waals surface area contributed by atoms with Gasteiger partial charge in [0.25, 0.3) is 0 Å². The number of hydrogen-bond donors (Lipinski definition) is 0. The molecule has 11 heavy (non-hydrogen) atoms. The van der Waals surface area contributed by atoms with E-state index in [-0.39, 0.29) is 6.10 Å². The molecule has 0 spiro atoms. The van der Waals surface area contributed by atoms with Crippen molar-refractivity contribution < 1.29 is 9.47 Å². The van der Waals surface area contributed by atoms with Gasteiger partial charge in [-0.05, 0) is 27.7 Å². The van der Waals surface area contributed by atoms with Crippen LogP contribution in [0.1, 0.15) is 34.1 Å². The molecule has 0 aliphatic carbocycles. The Balaban J connectivity index is 3.32. The van der Waals surface area contributed by atoms with E-state index < -0.39 is 0 Å². The Bertz CT molecular complexity index is 73.6. The van der Waals surface area contributed by atoms with Crippen molar-refractivity contribution in [3.05, 3.63) is 6.10 Å². The van der Waals surface area contributed by atoms with E-state index in [2.05, 4.69) is 6.92 Å². The average Bonchev–Trinajstić information content (AvgIpc) is 1.87. The van der Waals surface area contributed by atoms with E-state index in [1.807, 2.05) is 20.8 Å². The molecule has 0 bridgehead atoms. The first kappa shape index (κ1) is 10.9. The maximum Gasteiger partial charge on any atom is 0.0965 e. The minimum absolute atomic E-state index is 0.284. The summed E-state index contributed by atoms with van der Waals surface area (Å²) in [5, 5.41) is 0. The van der Waals surface area contributed by atoms with Crippen molar-refractivity contribution in [2.75, 3.05) is 13.2 Å². The zero-order valence-corrected chi connectivity index (χ0v) is 8.02. The summed E-state index contributed by atoms with van der Waals surface area (Å²) in [6.45, 7) is 9.59. The first-order chi connectivity index (χ1) is 5.20. The van der Waals surface area contributed by atoms with E-state index in [1.165, 1.54) is 0 Å². The van der Waals surface area contributed by atoms with Gasteiger partial charge in [-0.25, -0.2) is 0 Å².